The number of benzene rings is 3. The van der Waals surface area contributed by atoms with Crippen molar-refractivity contribution in [3.63, 3.8) is 0 Å². The molecule has 0 aliphatic rings. The number of amides is 1. The average Bonchev–Trinajstić information content (AvgIpc) is 2.78. The summed E-state index contributed by atoms with van der Waals surface area (Å²) in [6.07, 6.45) is 0. The summed E-state index contributed by atoms with van der Waals surface area (Å²) in [5.41, 5.74) is 3.84. The monoisotopic (exact) mass is 427 g/mol. The van der Waals surface area contributed by atoms with Gasteiger partial charge in [-0.3, -0.25) is 19.7 Å². The van der Waals surface area contributed by atoms with Crippen LogP contribution in [0, 0.1) is 24.0 Å². The molecule has 32 heavy (non-hydrogen) atoms. The van der Waals surface area contributed by atoms with Crippen molar-refractivity contribution in [1.82, 2.24) is 4.98 Å². The molecule has 1 amide bonds. The molecule has 0 aliphatic carbocycles. The number of carbonyl (C=O) groups excluding carboxylic acids is 1. The van der Waals surface area contributed by atoms with Crippen molar-refractivity contribution < 1.29 is 9.72 Å². The quantitative estimate of drug-likeness (QED) is 0.362. The van der Waals surface area contributed by atoms with Crippen molar-refractivity contribution >= 4 is 28.2 Å². The molecule has 0 fully saturated rings. The number of hydrogen-bond donors (Lipinski definition) is 1. The Labute approximate surface area is 184 Å². The van der Waals surface area contributed by atoms with Gasteiger partial charge in [0.25, 0.3) is 17.2 Å². The number of H-pyrrole nitrogens is 1. The molecule has 1 heterocycles. The van der Waals surface area contributed by atoms with Crippen LogP contribution in [0.15, 0.2) is 77.6 Å². The first-order valence-electron chi connectivity index (χ1n) is 10.1. The summed E-state index contributed by atoms with van der Waals surface area (Å²) in [6, 6.07) is 20.4. The number of nitro benzene ring substituents is 1. The van der Waals surface area contributed by atoms with Gasteiger partial charge < -0.3 is 9.88 Å². The second-order valence-corrected chi connectivity index (χ2v) is 7.75. The average molecular weight is 427 g/mol. The molecule has 0 saturated carbocycles. The third-order valence-corrected chi connectivity index (χ3v) is 5.32. The summed E-state index contributed by atoms with van der Waals surface area (Å²) in [7, 11) is 0. The molecule has 0 aliphatic heterocycles. The summed E-state index contributed by atoms with van der Waals surface area (Å²) in [5, 5.41) is 11.8. The number of nitrogens with zero attached hydrogens (tertiary/aromatic N) is 2. The van der Waals surface area contributed by atoms with Crippen LogP contribution in [0.4, 0.5) is 11.4 Å². The molecule has 0 atom stereocenters. The Morgan fingerprint density at radius 2 is 1.59 bits per heavy atom. The first-order valence-corrected chi connectivity index (χ1v) is 10.1. The molecule has 0 bridgehead atoms. The fourth-order valence-corrected chi connectivity index (χ4v) is 3.55. The Morgan fingerprint density at radius 1 is 0.938 bits per heavy atom. The maximum atomic E-state index is 13.4. The van der Waals surface area contributed by atoms with E-state index in [0.29, 0.717) is 16.8 Å². The minimum Gasteiger partial charge on any atom is -0.322 e. The van der Waals surface area contributed by atoms with Crippen LogP contribution in [0.5, 0.6) is 0 Å². The first kappa shape index (κ1) is 21.0. The Kier molecular flexibility index (Phi) is 5.55. The van der Waals surface area contributed by atoms with E-state index >= 15 is 0 Å². The molecule has 4 aromatic rings. The summed E-state index contributed by atoms with van der Waals surface area (Å²) >= 11 is 0. The Morgan fingerprint density at radius 3 is 2.25 bits per heavy atom. The molecule has 0 radical (unpaired) electrons. The van der Waals surface area contributed by atoms with Crippen molar-refractivity contribution in [3.8, 4) is 0 Å². The van der Waals surface area contributed by atoms with Crippen molar-refractivity contribution in [3.05, 3.63) is 116 Å². The van der Waals surface area contributed by atoms with Crippen molar-refractivity contribution in [2.75, 3.05) is 4.90 Å². The number of nitrogens with one attached hydrogen (secondary N) is 1. The molecular weight excluding hydrogens is 406 g/mol. The van der Waals surface area contributed by atoms with E-state index in [-0.39, 0.29) is 23.7 Å². The highest BCUT2D eigenvalue weighted by Crippen LogP contribution is 2.23. The highest BCUT2D eigenvalue weighted by Gasteiger charge is 2.21. The number of anilines is 1. The molecule has 0 unspecified atom stereocenters. The van der Waals surface area contributed by atoms with E-state index in [1.807, 2.05) is 56.3 Å². The van der Waals surface area contributed by atoms with Crippen molar-refractivity contribution in [1.29, 1.82) is 0 Å². The number of aromatic amines is 1. The Balaban J connectivity index is 1.76. The number of nitro groups is 1. The summed E-state index contributed by atoms with van der Waals surface area (Å²) < 4.78 is 0. The molecule has 1 N–H and O–H groups in total. The van der Waals surface area contributed by atoms with Crippen LogP contribution in [0.25, 0.3) is 10.9 Å². The highest BCUT2D eigenvalue weighted by atomic mass is 16.6. The van der Waals surface area contributed by atoms with Crippen LogP contribution in [0.3, 0.4) is 0 Å². The number of rotatable bonds is 5. The fourth-order valence-electron chi connectivity index (χ4n) is 3.55. The van der Waals surface area contributed by atoms with Gasteiger partial charge in [-0.15, -0.1) is 0 Å². The Hall–Kier alpha value is -4.26. The van der Waals surface area contributed by atoms with E-state index in [4.69, 9.17) is 0 Å². The van der Waals surface area contributed by atoms with Crippen LogP contribution in [0.1, 0.15) is 27.0 Å². The predicted molar refractivity (Wildman–Crippen MR) is 124 cm³/mol. The van der Waals surface area contributed by atoms with Crippen molar-refractivity contribution in [2.24, 2.45) is 0 Å². The number of carbonyl (C=O) groups is 1. The first-order chi connectivity index (χ1) is 15.3. The minimum absolute atomic E-state index is 0.0537. The number of aromatic nitrogens is 1. The number of pyridine rings is 1. The van der Waals surface area contributed by atoms with Gasteiger partial charge in [0.2, 0.25) is 0 Å². The van der Waals surface area contributed by atoms with Gasteiger partial charge >= 0.3 is 0 Å². The second-order valence-electron chi connectivity index (χ2n) is 7.75. The summed E-state index contributed by atoms with van der Waals surface area (Å²) in [4.78, 5) is 41.0. The number of non-ortho nitro benzene ring substituents is 1. The van der Waals surface area contributed by atoms with E-state index in [0.717, 1.165) is 22.0 Å². The lowest BCUT2D eigenvalue weighted by Gasteiger charge is -2.23. The lowest BCUT2D eigenvalue weighted by atomic mass is 10.1. The zero-order chi connectivity index (χ0) is 22.8. The van der Waals surface area contributed by atoms with E-state index in [1.165, 1.54) is 29.2 Å². The highest BCUT2D eigenvalue weighted by molar-refractivity contribution is 6.06. The maximum Gasteiger partial charge on any atom is 0.269 e. The topological polar surface area (TPSA) is 96.3 Å². The second kappa shape index (κ2) is 8.47. The normalized spacial score (nSPS) is 10.8. The van der Waals surface area contributed by atoms with Crippen LogP contribution < -0.4 is 10.5 Å². The third-order valence-electron chi connectivity index (χ3n) is 5.32. The molecule has 1 aromatic heterocycles. The molecular formula is C25H21N3O4. The van der Waals surface area contributed by atoms with E-state index < -0.39 is 4.92 Å². The smallest absolute Gasteiger partial charge is 0.269 e. The molecule has 160 valence electrons. The zero-order valence-electron chi connectivity index (χ0n) is 17.7. The van der Waals surface area contributed by atoms with Gasteiger partial charge in [0.1, 0.15) is 0 Å². The van der Waals surface area contributed by atoms with Crippen LogP contribution in [0.2, 0.25) is 0 Å². The lowest BCUT2D eigenvalue weighted by Crippen LogP contribution is -2.32. The van der Waals surface area contributed by atoms with Crippen LogP contribution in [-0.4, -0.2) is 15.8 Å². The van der Waals surface area contributed by atoms with Gasteiger partial charge in [0.15, 0.2) is 0 Å². The van der Waals surface area contributed by atoms with E-state index in [9.17, 15) is 19.7 Å². The van der Waals surface area contributed by atoms with Gasteiger partial charge in [0.05, 0.1) is 11.5 Å². The molecule has 4 rings (SSSR count). The van der Waals surface area contributed by atoms with Gasteiger partial charge in [-0.25, -0.2) is 0 Å². The number of hydrogen-bond acceptors (Lipinski definition) is 4. The van der Waals surface area contributed by atoms with Gasteiger partial charge in [-0.05, 0) is 61.7 Å². The van der Waals surface area contributed by atoms with E-state index in [2.05, 4.69) is 4.98 Å². The van der Waals surface area contributed by atoms with Crippen molar-refractivity contribution in [2.45, 2.75) is 20.4 Å². The maximum absolute atomic E-state index is 13.4. The Bertz CT molecular complexity index is 1370. The SMILES string of the molecule is Cc1ccc(N(Cc2cc3cc(C)ccc3[nH]c2=O)C(=O)c2ccc([N+](=O)[O-])cc2)cc1. The standard InChI is InChI=1S/C25H21N3O4/c1-16-3-8-21(9-4-16)27(25(30)18-6-10-22(11-7-18)28(31)32)15-20-14-19-13-17(2)5-12-23(19)26-24(20)29/h3-14H,15H2,1-2H3,(H,26,29). The van der Waals surface area contributed by atoms with E-state index in [1.54, 1.807) is 6.07 Å². The summed E-state index contributed by atoms with van der Waals surface area (Å²) in [6.45, 7) is 3.97. The number of fused-ring (bicyclic) bond motifs is 1. The molecule has 0 spiro atoms. The largest absolute Gasteiger partial charge is 0.322 e. The molecule has 7 nitrogen and oxygen atoms in total. The molecule has 0 saturated heterocycles. The zero-order valence-corrected chi connectivity index (χ0v) is 17.7. The minimum atomic E-state index is -0.511. The third kappa shape index (κ3) is 4.27. The van der Waals surface area contributed by atoms with Gasteiger partial charge in [-0.1, -0.05) is 29.3 Å². The number of aryl methyl sites for hydroxylation is 2. The fraction of sp³-hybridized carbons (Fsp3) is 0.120. The summed E-state index contributed by atoms with van der Waals surface area (Å²) in [5.74, 6) is -0.354. The van der Waals surface area contributed by atoms with Crippen LogP contribution >= 0.6 is 0 Å². The predicted octanol–water partition coefficient (Wildman–Crippen LogP) is 4.90. The van der Waals surface area contributed by atoms with Gasteiger partial charge in [-0.2, -0.15) is 0 Å². The van der Waals surface area contributed by atoms with Gasteiger partial charge in [0, 0.05) is 34.5 Å². The van der Waals surface area contributed by atoms with Crippen LogP contribution in [-0.2, 0) is 6.54 Å². The molecule has 3 aromatic carbocycles. The lowest BCUT2D eigenvalue weighted by molar-refractivity contribution is -0.384. The molecule has 7 heteroatoms.